The van der Waals surface area contributed by atoms with Crippen LogP contribution < -0.4 is 5.32 Å². The Morgan fingerprint density at radius 2 is 1.79 bits per heavy atom. The standard InChI is InChI=1S/C26H24F4N4OS.CO2/c1-3-13-31-23(35)12-11-22-24(17-7-9-19(10-8-17)26(28,29)30)32-25(36-22)34-15-21(16(2)33-34)18-5-4-6-20(27)14-18;2-1-3/h4-10,14-15H,3,11-13H2,1-2H3,(H,31,35);. The predicted octanol–water partition coefficient (Wildman–Crippen LogP) is 6.00. The van der Waals surface area contributed by atoms with Crippen molar-refractivity contribution in [3.63, 3.8) is 0 Å². The largest absolute Gasteiger partial charge is 0.416 e. The first-order chi connectivity index (χ1) is 18.6. The van der Waals surface area contributed by atoms with Crippen LogP contribution >= 0.6 is 11.3 Å². The molecule has 2 heterocycles. The third kappa shape index (κ3) is 7.68. The van der Waals surface area contributed by atoms with E-state index in [2.05, 4.69) is 15.4 Å². The fourth-order valence-electron chi connectivity index (χ4n) is 3.73. The fraction of sp³-hybridized carbons (Fsp3) is 0.259. The minimum Gasteiger partial charge on any atom is -0.356 e. The highest BCUT2D eigenvalue weighted by Crippen LogP contribution is 2.35. The van der Waals surface area contributed by atoms with Gasteiger partial charge in [-0.25, -0.2) is 14.1 Å². The van der Waals surface area contributed by atoms with Gasteiger partial charge in [0.25, 0.3) is 0 Å². The number of benzene rings is 2. The van der Waals surface area contributed by atoms with Crippen LogP contribution in [0.2, 0.25) is 0 Å². The second-order valence-corrected chi connectivity index (χ2v) is 9.42. The molecule has 2 aromatic carbocycles. The molecular weight excluding hydrogens is 536 g/mol. The SMILES string of the molecule is CCCNC(=O)CCc1sc(-n2cc(-c3cccc(F)c3)c(C)n2)nc1-c1ccc(C(F)(F)F)cc1.O=C=O. The number of hydrogen-bond acceptors (Lipinski definition) is 6. The number of alkyl halides is 3. The number of amides is 1. The average molecular weight is 561 g/mol. The Kier molecular flexibility index (Phi) is 9.86. The second-order valence-electron chi connectivity index (χ2n) is 8.36. The van der Waals surface area contributed by atoms with E-state index in [4.69, 9.17) is 9.59 Å². The van der Waals surface area contributed by atoms with E-state index in [1.165, 1.54) is 35.6 Å². The van der Waals surface area contributed by atoms with Gasteiger partial charge in [0.1, 0.15) is 5.82 Å². The highest BCUT2D eigenvalue weighted by Gasteiger charge is 2.30. The maximum Gasteiger partial charge on any atom is 0.416 e. The van der Waals surface area contributed by atoms with Crippen molar-refractivity contribution in [2.45, 2.75) is 39.3 Å². The first-order valence-corrected chi connectivity index (χ1v) is 12.6. The van der Waals surface area contributed by atoms with E-state index in [1.54, 1.807) is 29.9 Å². The fourth-order valence-corrected chi connectivity index (χ4v) is 4.74. The lowest BCUT2D eigenvalue weighted by Gasteiger charge is -2.08. The van der Waals surface area contributed by atoms with Crippen LogP contribution in [0.4, 0.5) is 17.6 Å². The number of aromatic nitrogens is 3. The second kappa shape index (κ2) is 13.1. The minimum absolute atomic E-state index is 0.103. The molecule has 12 heteroatoms. The molecule has 39 heavy (non-hydrogen) atoms. The Morgan fingerprint density at radius 3 is 2.41 bits per heavy atom. The Bertz CT molecular complexity index is 1460. The number of nitrogens with zero attached hydrogens (tertiary/aromatic N) is 3. The number of halogens is 4. The summed E-state index contributed by atoms with van der Waals surface area (Å²) in [6.07, 6.45) is -1.02. The topological polar surface area (TPSA) is 93.9 Å². The van der Waals surface area contributed by atoms with Crippen molar-refractivity contribution in [2.24, 2.45) is 0 Å². The van der Waals surface area contributed by atoms with Crippen molar-refractivity contribution in [3.8, 4) is 27.5 Å². The Morgan fingerprint density at radius 1 is 1.10 bits per heavy atom. The monoisotopic (exact) mass is 560 g/mol. The minimum atomic E-state index is -4.44. The first kappa shape index (κ1) is 29.4. The summed E-state index contributed by atoms with van der Waals surface area (Å²) in [6.45, 7) is 4.34. The van der Waals surface area contributed by atoms with Crippen molar-refractivity contribution in [1.82, 2.24) is 20.1 Å². The van der Waals surface area contributed by atoms with Crippen LogP contribution in [0.25, 0.3) is 27.5 Å². The summed E-state index contributed by atoms with van der Waals surface area (Å²) in [5, 5.41) is 7.86. The maximum atomic E-state index is 13.7. The van der Waals surface area contributed by atoms with Crippen LogP contribution in [-0.2, 0) is 27.0 Å². The molecule has 1 amide bonds. The highest BCUT2D eigenvalue weighted by molar-refractivity contribution is 7.14. The average Bonchev–Trinajstić information content (AvgIpc) is 3.50. The Balaban J connectivity index is 0.00000134. The van der Waals surface area contributed by atoms with Crippen molar-refractivity contribution in [2.75, 3.05) is 6.54 Å². The molecule has 0 bridgehead atoms. The van der Waals surface area contributed by atoms with Crippen molar-refractivity contribution < 1.29 is 31.9 Å². The highest BCUT2D eigenvalue weighted by atomic mass is 32.1. The molecule has 0 spiro atoms. The van der Waals surface area contributed by atoms with E-state index in [0.29, 0.717) is 40.6 Å². The molecule has 0 radical (unpaired) electrons. The molecule has 0 aliphatic carbocycles. The van der Waals surface area contributed by atoms with Crippen molar-refractivity contribution in [1.29, 1.82) is 0 Å². The molecule has 0 saturated carbocycles. The van der Waals surface area contributed by atoms with Gasteiger partial charge in [-0.1, -0.05) is 42.5 Å². The summed E-state index contributed by atoms with van der Waals surface area (Å²) >= 11 is 1.32. The van der Waals surface area contributed by atoms with E-state index < -0.39 is 11.7 Å². The summed E-state index contributed by atoms with van der Waals surface area (Å²) in [7, 11) is 0. The lowest BCUT2D eigenvalue weighted by atomic mass is 10.1. The van der Waals surface area contributed by atoms with E-state index in [1.807, 2.05) is 6.92 Å². The zero-order valence-electron chi connectivity index (χ0n) is 21.0. The maximum absolute atomic E-state index is 13.7. The van der Waals surface area contributed by atoms with E-state index in [0.717, 1.165) is 29.0 Å². The zero-order valence-corrected chi connectivity index (χ0v) is 21.8. The molecule has 0 atom stereocenters. The molecule has 2 aromatic heterocycles. The molecular formula is C27H24F4N4O3S. The molecule has 1 N–H and O–H groups in total. The number of rotatable bonds is 8. The third-order valence-corrected chi connectivity index (χ3v) is 6.66. The van der Waals surface area contributed by atoms with Gasteiger partial charge in [0.15, 0.2) is 0 Å². The molecule has 0 aliphatic rings. The molecule has 4 rings (SSSR count). The Hall–Kier alpha value is -4.15. The summed E-state index contributed by atoms with van der Waals surface area (Å²) in [5.74, 6) is -0.462. The van der Waals surface area contributed by atoms with E-state index >= 15 is 0 Å². The quantitative estimate of drug-likeness (QED) is 0.267. The number of carbonyl (C=O) groups is 1. The van der Waals surface area contributed by atoms with Crippen molar-refractivity contribution in [3.05, 3.63) is 76.7 Å². The third-order valence-electron chi connectivity index (χ3n) is 5.55. The molecule has 0 fully saturated rings. The van der Waals surface area contributed by atoms with Gasteiger partial charge in [0.2, 0.25) is 11.0 Å². The molecule has 204 valence electrons. The molecule has 0 aliphatic heterocycles. The van der Waals surface area contributed by atoms with Gasteiger partial charge in [-0.15, -0.1) is 0 Å². The Labute approximate surface area is 225 Å². The predicted molar refractivity (Wildman–Crippen MR) is 136 cm³/mol. The van der Waals surface area contributed by atoms with Gasteiger partial charge in [0, 0.05) is 35.2 Å². The van der Waals surface area contributed by atoms with E-state index in [9.17, 15) is 22.4 Å². The number of carbonyl (C=O) groups excluding carboxylic acids is 3. The van der Waals surface area contributed by atoms with Crippen molar-refractivity contribution >= 4 is 23.4 Å². The smallest absolute Gasteiger partial charge is 0.356 e. The first-order valence-electron chi connectivity index (χ1n) is 11.8. The number of aryl methyl sites for hydroxylation is 2. The van der Waals surface area contributed by atoms with Gasteiger partial charge in [-0.05, 0) is 49.6 Å². The van der Waals surface area contributed by atoms with Gasteiger partial charge in [-0.3, -0.25) is 4.79 Å². The number of thiazole rings is 1. The van der Waals surface area contributed by atoms with Crippen LogP contribution in [0, 0.1) is 12.7 Å². The lowest BCUT2D eigenvalue weighted by molar-refractivity contribution is -0.191. The molecule has 7 nitrogen and oxygen atoms in total. The van der Waals surface area contributed by atoms with Gasteiger partial charge >= 0.3 is 12.3 Å². The van der Waals surface area contributed by atoms with Gasteiger partial charge in [-0.2, -0.15) is 27.9 Å². The lowest BCUT2D eigenvalue weighted by Crippen LogP contribution is -2.24. The van der Waals surface area contributed by atoms with Crippen LogP contribution in [0.15, 0.2) is 54.7 Å². The summed E-state index contributed by atoms with van der Waals surface area (Å²) in [6, 6.07) is 11.0. The molecule has 0 saturated heterocycles. The molecule has 4 aromatic rings. The molecule has 0 unspecified atom stereocenters. The number of nitrogens with one attached hydrogen (secondary N) is 1. The normalized spacial score (nSPS) is 10.9. The summed E-state index contributed by atoms with van der Waals surface area (Å²) in [4.78, 5) is 33.9. The van der Waals surface area contributed by atoms with Crippen LogP contribution in [-0.4, -0.2) is 33.4 Å². The van der Waals surface area contributed by atoms with Crippen LogP contribution in [0.5, 0.6) is 0 Å². The van der Waals surface area contributed by atoms with Crippen LogP contribution in [0.3, 0.4) is 0 Å². The van der Waals surface area contributed by atoms with E-state index in [-0.39, 0.29) is 24.3 Å². The van der Waals surface area contributed by atoms with Crippen LogP contribution in [0.1, 0.15) is 35.9 Å². The number of hydrogen-bond donors (Lipinski definition) is 1. The summed E-state index contributed by atoms with van der Waals surface area (Å²) in [5.41, 5.74) is 2.36. The zero-order chi connectivity index (χ0) is 28.6. The van der Waals surface area contributed by atoms with Gasteiger partial charge in [0.05, 0.1) is 17.0 Å². The summed E-state index contributed by atoms with van der Waals surface area (Å²) < 4.78 is 54.5. The van der Waals surface area contributed by atoms with Gasteiger partial charge < -0.3 is 5.32 Å².